The number of amides is 2. The van der Waals surface area contributed by atoms with Crippen molar-refractivity contribution in [2.45, 2.75) is 113 Å². The van der Waals surface area contributed by atoms with Crippen LogP contribution in [0.2, 0.25) is 0 Å². The average Bonchev–Trinajstić information content (AvgIpc) is 3.43. The maximum atomic E-state index is 13.6. The Bertz CT molecular complexity index is 1540. The van der Waals surface area contributed by atoms with Gasteiger partial charge in [0.2, 0.25) is 11.8 Å². The zero-order valence-corrected chi connectivity index (χ0v) is 26.9. The summed E-state index contributed by atoms with van der Waals surface area (Å²) in [6, 6.07) is -2.91. The number of ether oxygens (including phenoxy) is 2. The molecule has 0 aromatic carbocycles. The molecule has 2 amide bonds. The Morgan fingerprint density at radius 2 is 1.45 bits per heavy atom. The summed E-state index contributed by atoms with van der Waals surface area (Å²) in [6.07, 6.45) is -18.5. The van der Waals surface area contributed by atoms with E-state index in [-0.39, 0.29) is 17.9 Å². The Morgan fingerprint density at radius 3 is 2.02 bits per heavy atom. The van der Waals surface area contributed by atoms with E-state index in [9.17, 15) is 60.0 Å². The molecule has 18 nitrogen and oxygen atoms in total. The summed E-state index contributed by atoms with van der Waals surface area (Å²) in [5.41, 5.74) is 0.916. The summed E-state index contributed by atoms with van der Waals surface area (Å²) >= 11 is 1.16. The van der Waals surface area contributed by atoms with Gasteiger partial charge in [0.15, 0.2) is 6.29 Å². The number of aromatic nitrogens is 2. The molecule has 2 unspecified atom stereocenters. The number of thioether (sulfide) groups is 1. The number of nitrogens with one attached hydrogen (secondary N) is 2. The molecule has 2 aromatic heterocycles. The maximum Gasteiger partial charge on any atom is 0.277 e. The molecule has 1 saturated heterocycles. The van der Waals surface area contributed by atoms with Crippen LogP contribution in [-0.2, 0) is 24.8 Å². The first-order valence-corrected chi connectivity index (χ1v) is 16.1. The SMILES string of the molecule is CCC(=O)N[C@@H](CSCc1c(C)c(=O)n2c(=O)c(C)c(C)n12)C(=O)N[C@H]1[C@@H](OC2[C@H](O)[C@H](O)C(O)[C@H](O)[C@H]2O)O[C@H](CO)[C@@H](O)[C@@H]1O. The molecule has 12 atom stereocenters. The minimum atomic E-state index is -1.97. The lowest BCUT2D eigenvalue weighted by Crippen LogP contribution is -2.69. The van der Waals surface area contributed by atoms with E-state index in [1.165, 1.54) is 4.52 Å². The lowest BCUT2D eigenvalue weighted by Gasteiger charge is -2.47. The van der Waals surface area contributed by atoms with Crippen LogP contribution in [0.3, 0.4) is 0 Å². The number of aryl methyl sites for hydroxylation is 1. The van der Waals surface area contributed by atoms with E-state index in [1.807, 2.05) is 0 Å². The van der Waals surface area contributed by atoms with E-state index in [1.54, 1.807) is 27.7 Å². The van der Waals surface area contributed by atoms with Crippen molar-refractivity contribution in [2.24, 2.45) is 0 Å². The molecule has 2 aliphatic rings. The molecule has 2 fully saturated rings. The highest BCUT2D eigenvalue weighted by Crippen LogP contribution is 2.29. The van der Waals surface area contributed by atoms with E-state index < -0.39 is 103 Å². The minimum Gasteiger partial charge on any atom is -0.394 e. The first kappa shape index (κ1) is 37.1. The van der Waals surface area contributed by atoms with Crippen molar-refractivity contribution >= 4 is 23.6 Å². The van der Waals surface area contributed by atoms with E-state index >= 15 is 0 Å². The molecule has 47 heavy (non-hydrogen) atoms. The van der Waals surface area contributed by atoms with Crippen molar-refractivity contribution < 1.29 is 59.9 Å². The number of aliphatic hydroxyl groups excluding tert-OH is 8. The van der Waals surface area contributed by atoms with Crippen molar-refractivity contribution in [1.82, 2.24) is 19.7 Å². The highest BCUT2D eigenvalue weighted by Gasteiger charge is 2.53. The van der Waals surface area contributed by atoms with Gasteiger partial charge >= 0.3 is 0 Å². The highest BCUT2D eigenvalue weighted by molar-refractivity contribution is 7.98. The molecule has 1 aliphatic carbocycles. The van der Waals surface area contributed by atoms with Gasteiger partial charge in [-0.05, 0) is 20.8 Å². The Morgan fingerprint density at radius 1 is 0.872 bits per heavy atom. The van der Waals surface area contributed by atoms with Crippen LogP contribution in [0.1, 0.15) is 35.9 Å². The van der Waals surface area contributed by atoms with E-state index in [2.05, 4.69) is 10.6 Å². The summed E-state index contributed by atoms with van der Waals surface area (Å²) < 4.78 is 13.7. The van der Waals surface area contributed by atoms with Gasteiger partial charge in [0.05, 0.1) is 12.3 Å². The molecular weight excluding hydrogens is 648 g/mol. The van der Waals surface area contributed by atoms with Crippen molar-refractivity contribution in [3.05, 3.63) is 43.2 Å². The van der Waals surface area contributed by atoms with E-state index in [0.717, 1.165) is 16.3 Å². The molecule has 19 heteroatoms. The van der Waals surface area contributed by atoms with Gasteiger partial charge in [0.25, 0.3) is 11.1 Å². The van der Waals surface area contributed by atoms with Crippen LogP contribution in [0, 0.1) is 20.8 Å². The smallest absolute Gasteiger partial charge is 0.277 e. The lowest BCUT2D eigenvalue weighted by atomic mass is 9.84. The zero-order chi connectivity index (χ0) is 35.1. The molecule has 0 spiro atoms. The van der Waals surface area contributed by atoms with Crippen molar-refractivity contribution in [3.63, 3.8) is 0 Å². The number of hydrogen-bond donors (Lipinski definition) is 10. The fraction of sp³-hybridized carbons (Fsp3) is 0.714. The topological polar surface area (TPSA) is 281 Å². The maximum absolute atomic E-state index is 13.6. The molecule has 4 rings (SSSR count). The monoisotopic (exact) mass is 690 g/mol. The van der Waals surface area contributed by atoms with Gasteiger partial charge in [-0.25, -0.2) is 0 Å². The Kier molecular flexibility index (Phi) is 11.7. The first-order valence-electron chi connectivity index (χ1n) is 15.0. The molecule has 10 N–H and O–H groups in total. The third kappa shape index (κ3) is 6.92. The third-order valence-corrected chi connectivity index (χ3v) is 9.87. The standard InChI is InChI=1S/C28H42N4O14S/c1-5-15(34)29-12(7-47-8-13-10(3)27(44)32-26(43)9(2)11(4)31(13)32)25(42)30-16-18(36)17(35)14(6-33)45-28(16)46-24-22(40)20(38)19(37)21(39)23(24)41/h12,14,16-24,28,33,35-41H,5-8H2,1-4H3,(H,29,34)(H,30,42)/t12-,14+,16+,17+,18+,19?,20-,21+,22+,23+,24?,28+/m0/s1. The van der Waals surface area contributed by atoms with Gasteiger partial charge in [0, 0.05) is 34.7 Å². The quantitative estimate of drug-likeness (QED) is 0.105. The largest absolute Gasteiger partial charge is 0.394 e. The number of fused-ring (bicyclic) bond motifs is 1. The highest BCUT2D eigenvalue weighted by atomic mass is 32.2. The fourth-order valence-corrected chi connectivity index (χ4v) is 6.83. The van der Waals surface area contributed by atoms with Crippen molar-refractivity contribution in [2.75, 3.05) is 12.4 Å². The number of hydrogen-bond acceptors (Lipinski definition) is 15. The molecular formula is C28H42N4O14S. The summed E-state index contributed by atoms with van der Waals surface area (Å²) in [7, 11) is 0. The molecule has 0 radical (unpaired) electrons. The van der Waals surface area contributed by atoms with Crippen LogP contribution in [0.5, 0.6) is 0 Å². The second-order valence-electron chi connectivity index (χ2n) is 11.8. The molecule has 264 valence electrons. The second-order valence-corrected chi connectivity index (χ2v) is 12.8. The number of nitrogens with zero attached hydrogens (tertiary/aromatic N) is 2. The first-order chi connectivity index (χ1) is 22.1. The Balaban J connectivity index is 1.56. The Labute approximate surface area is 271 Å². The van der Waals surface area contributed by atoms with Crippen LogP contribution < -0.4 is 21.8 Å². The predicted molar refractivity (Wildman–Crippen MR) is 162 cm³/mol. The molecule has 2 aromatic rings. The van der Waals surface area contributed by atoms with Gasteiger partial charge < -0.3 is 61.0 Å². The molecule has 1 aliphatic heterocycles. The van der Waals surface area contributed by atoms with Crippen molar-refractivity contribution in [3.8, 4) is 0 Å². The minimum absolute atomic E-state index is 0.00702. The lowest BCUT2D eigenvalue weighted by molar-refractivity contribution is -0.319. The normalized spacial score (nSPS) is 33.6. The number of aliphatic hydroxyl groups is 8. The van der Waals surface area contributed by atoms with Gasteiger partial charge in [-0.1, -0.05) is 6.92 Å². The van der Waals surface area contributed by atoms with Crippen LogP contribution in [0.25, 0.3) is 0 Å². The number of carbonyl (C=O) groups excluding carboxylic acids is 2. The van der Waals surface area contributed by atoms with Crippen LogP contribution >= 0.6 is 11.8 Å². The number of carbonyl (C=O) groups is 2. The second kappa shape index (κ2) is 14.8. The van der Waals surface area contributed by atoms with Gasteiger partial charge in [-0.2, -0.15) is 16.3 Å². The van der Waals surface area contributed by atoms with E-state index in [0.29, 0.717) is 22.5 Å². The third-order valence-electron chi connectivity index (χ3n) is 8.83. The zero-order valence-electron chi connectivity index (χ0n) is 26.1. The number of rotatable bonds is 11. The van der Waals surface area contributed by atoms with Crippen LogP contribution in [0.15, 0.2) is 9.59 Å². The summed E-state index contributed by atoms with van der Waals surface area (Å²) in [4.78, 5) is 51.3. The van der Waals surface area contributed by atoms with E-state index in [4.69, 9.17) is 9.47 Å². The Hall–Kier alpha value is -2.69. The molecule has 1 saturated carbocycles. The van der Waals surface area contributed by atoms with Crippen LogP contribution in [-0.4, -0.2) is 147 Å². The summed E-state index contributed by atoms with van der Waals surface area (Å²) in [5.74, 6) is -1.30. The summed E-state index contributed by atoms with van der Waals surface area (Å²) in [6.45, 7) is 5.61. The molecule has 3 heterocycles. The summed E-state index contributed by atoms with van der Waals surface area (Å²) in [5, 5.41) is 87.2. The molecule has 0 bridgehead atoms. The van der Waals surface area contributed by atoms with Gasteiger partial charge in [-0.3, -0.25) is 23.7 Å². The fourth-order valence-electron chi connectivity index (χ4n) is 5.71. The van der Waals surface area contributed by atoms with Crippen molar-refractivity contribution in [1.29, 1.82) is 0 Å². The average molecular weight is 691 g/mol. The van der Waals surface area contributed by atoms with Gasteiger partial charge in [-0.15, -0.1) is 0 Å². The van der Waals surface area contributed by atoms with Gasteiger partial charge in [0.1, 0.15) is 67.0 Å². The van der Waals surface area contributed by atoms with Crippen LogP contribution in [0.4, 0.5) is 0 Å². The predicted octanol–water partition coefficient (Wildman–Crippen LogP) is -5.62.